The molecule has 0 aliphatic rings. The quantitative estimate of drug-likeness (QED) is 0.294. The minimum absolute atomic E-state index is 0.131. The van der Waals surface area contributed by atoms with Crippen molar-refractivity contribution < 1.29 is 36.1 Å². The van der Waals surface area contributed by atoms with Crippen LogP contribution in [0.5, 0.6) is 5.75 Å². The number of hydrogen-bond donors (Lipinski definition) is 3. The lowest BCUT2D eigenvalue weighted by Gasteiger charge is -2.21. The third-order valence-corrected chi connectivity index (χ3v) is 5.72. The van der Waals surface area contributed by atoms with Crippen LogP contribution in [0, 0.1) is 12.7 Å². The first-order valence-corrected chi connectivity index (χ1v) is 12.8. The number of aromatic nitrogens is 3. The molecule has 37 heavy (non-hydrogen) atoms. The molecule has 0 bridgehead atoms. The van der Waals surface area contributed by atoms with E-state index in [-0.39, 0.29) is 22.8 Å². The van der Waals surface area contributed by atoms with Crippen molar-refractivity contribution in [2.45, 2.75) is 39.1 Å². The molecule has 2 amide bonds. The Bertz CT molecular complexity index is 1460. The third-order valence-electron chi connectivity index (χ3n) is 5.10. The molecule has 1 aromatic carbocycles. The van der Waals surface area contributed by atoms with Gasteiger partial charge in [0.15, 0.2) is 11.9 Å². The highest BCUT2D eigenvalue weighted by atomic mass is 32.2. The lowest BCUT2D eigenvalue weighted by atomic mass is 10.2. The van der Waals surface area contributed by atoms with Crippen molar-refractivity contribution in [3.8, 4) is 5.75 Å². The molecule has 3 N–H and O–H groups in total. The van der Waals surface area contributed by atoms with Gasteiger partial charge in [0.1, 0.15) is 29.5 Å². The second-order valence-electron chi connectivity index (χ2n) is 8.30. The molecule has 0 radical (unpaired) electrons. The monoisotopic (exact) mass is 544 g/mol. The molecule has 0 aliphatic heterocycles. The molecule has 15 heteroatoms. The van der Waals surface area contributed by atoms with E-state index in [1.807, 2.05) is 0 Å². The molecule has 0 saturated heterocycles. The minimum atomic E-state index is -4.65. The molecule has 0 saturated carbocycles. The normalized spacial score (nSPS) is 14.9. The van der Waals surface area contributed by atoms with Crippen molar-refractivity contribution in [2.24, 2.45) is 0 Å². The van der Waals surface area contributed by atoms with Gasteiger partial charge >= 0.3 is 6.18 Å². The standard InChI is InChI=1S/C22H24F4N6O4S/c1-11-15(21(34)31-37(4,5)35)9-32-18(11)19(27-10-28-32)30-16-7-6-14(23)8-17(16)36-12(2)20(33)29-13(3)22(24,25)26/h6-10,12-13H,4H2,1-3,5H3,(H,29,33)(H,27,28,30)(H,31,34,35). The number of ether oxygens (including phenoxy) is 1. The van der Waals surface area contributed by atoms with Gasteiger partial charge in [0, 0.05) is 28.2 Å². The molecule has 2 aromatic heterocycles. The number of anilines is 2. The number of carbonyl (C=O) groups excluding carboxylic acids is 2. The average Bonchev–Trinajstić information content (AvgIpc) is 3.11. The summed E-state index contributed by atoms with van der Waals surface area (Å²) in [5, 5.41) is 8.77. The summed E-state index contributed by atoms with van der Waals surface area (Å²) in [6.07, 6.45) is -2.21. The van der Waals surface area contributed by atoms with Gasteiger partial charge in [0.05, 0.1) is 11.3 Å². The van der Waals surface area contributed by atoms with Gasteiger partial charge < -0.3 is 15.4 Å². The van der Waals surface area contributed by atoms with E-state index in [9.17, 15) is 31.4 Å². The maximum atomic E-state index is 14.0. The Hall–Kier alpha value is -3.88. The lowest BCUT2D eigenvalue weighted by Crippen LogP contribution is -2.47. The van der Waals surface area contributed by atoms with E-state index < -0.39 is 45.7 Å². The topological polar surface area (TPSA) is 127 Å². The van der Waals surface area contributed by atoms with Crippen LogP contribution in [0.1, 0.15) is 29.8 Å². The second kappa shape index (κ2) is 10.2. The Morgan fingerprint density at radius 3 is 2.54 bits per heavy atom. The van der Waals surface area contributed by atoms with Crippen molar-refractivity contribution in [1.29, 1.82) is 0 Å². The van der Waals surface area contributed by atoms with Crippen molar-refractivity contribution >= 4 is 44.4 Å². The van der Waals surface area contributed by atoms with Gasteiger partial charge in [-0.3, -0.25) is 14.3 Å². The summed E-state index contributed by atoms with van der Waals surface area (Å²) >= 11 is 0. The number of halogens is 4. The highest BCUT2D eigenvalue weighted by Gasteiger charge is 2.38. The number of nitrogens with one attached hydrogen (secondary N) is 3. The lowest BCUT2D eigenvalue weighted by molar-refractivity contribution is -0.160. The van der Waals surface area contributed by atoms with E-state index in [0.717, 1.165) is 19.1 Å². The summed E-state index contributed by atoms with van der Waals surface area (Å²) in [6.45, 7) is 3.60. The van der Waals surface area contributed by atoms with Crippen LogP contribution in [-0.4, -0.2) is 61.1 Å². The Balaban J connectivity index is 1.92. The number of fused-ring (bicyclic) bond motifs is 1. The van der Waals surface area contributed by atoms with E-state index in [2.05, 4.69) is 26.0 Å². The number of carbonyl (C=O) groups is 2. The number of nitrogens with zero attached hydrogens (tertiary/aromatic N) is 3. The van der Waals surface area contributed by atoms with Crippen LogP contribution in [0.25, 0.3) is 5.52 Å². The van der Waals surface area contributed by atoms with Gasteiger partial charge in [0.2, 0.25) is 0 Å². The zero-order chi connectivity index (χ0) is 27.7. The van der Waals surface area contributed by atoms with Crippen LogP contribution >= 0.6 is 0 Å². The fraction of sp³-hybridized carbons (Fsp3) is 0.318. The second-order valence-corrected chi connectivity index (χ2v) is 10.5. The maximum Gasteiger partial charge on any atom is 0.408 e. The van der Waals surface area contributed by atoms with Crippen LogP contribution < -0.4 is 20.1 Å². The van der Waals surface area contributed by atoms with Crippen molar-refractivity contribution in [1.82, 2.24) is 24.6 Å². The van der Waals surface area contributed by atoms with E-state index in [1.54, 1.807) is 12.2 Å². The zero-order valence-electron chi connectivity index (χ0n) is 20.1. The molecule has 0 fully saturated rings. The molecular formula is C22H24F4N6O4S. The number of amides is 2. The van der Waals surface area contributed by atoms with Crippen molar-refractivity contribution in [2.75, 3.05) is 11.6 Å². The van der Waals surface area contributed by atoms with Gasteiger partial charge in [0.25, 0.3) is 11.8 Å². The summed E-state index contributed by atoms with van der Waals surface area (Å²) in [5.74, 6) is 0.959. The van der Waals surface area contributed by atoms with Crippen LogP contribution in [0.4, 0.5) is 29.1 Å². The summed E-state index contributed by atoms with van der Waals surface area (Å²) in [6, 6.07) is 1.22. The predicted octanol–water partition coefficient (Wildman–Crippen LogP) is 2.75. The highest BCUT2D eigenvalue weighted by molar-refractivity contribution is 7.98. The van der Waals surface area contributed by atoms with Crippen LogP contribution in [0.3, 0.4) is 0 Å². The van der Waals surface area contributed by atoms with E-state index >= 15 is 0 Å². The zero-order valence-corrected chi connectivity index (χ0v) is 21.0. The Morgan fingerprint density at radius 2 is 1.92 bits per heavy atom. The third kappa shape index (κ3) is 6.67. The Morgan fingerprint density at radius 1 is 1.24 bits per heavy atom. The fourth-order valence-electron chi connectivity index (χ4n) is 3.21. The van der Waals surface area contributed by atoms with Crippen molar-refractivity contribution in [3.05, 3.63) is 47.7 Å². The highest BCUT2D eigenvalue weighted by Crippen LogP contribution is 2.32. The Kier molecular flexibility index (Phi) is 7.67. The van der Waals surface area contributed by atoms with Gasteiger partial charge in [-0.15, -0.1) is 0 Å². The van der Waals surface area contributed by atoms with Gasteiger partial charge in [-0.2, -0.15) is 18.3 Å². The van der Waals surface area contributed by atoms with E-state index in [4.69, 9.17) is 4.74 Å². The smallest absolute Gasteiger partial charge is 0.408 e. The molecule has 3 atom stereocenters. The maximum absolute atomic E-state index is 14.0. The van der Waals surface area contributed by atoms with E-state index in [1.165, 1.54) is 36.3 Å². The van der Waals surface area contributed by atoms with Gasteiger partial charge in [-0.25, -0.2) is 18.1 Å². The number of alkyl halides is 3. The molecule has 0 spiro atoms. The fourth-order valence-corrected chi connectivity index (χ4v) is 3.72. The summed E-state index contributed by atoms with van der Waals surface area (Å²) in [4.78, 5) is 28.9. The molecular weight excluding hydrogens is 520 g/mol. The summed E-state index contributed by atoms with van der Waals surface area (Å²) < 4.78 is 73.4. The molecule has 3 aromatic rings. The van der Waals surface area contributed by atoms with Gasteiger partial charge in [-0.1, -0.05) is 0 Å². The number of aryl methyl sites for hydroxylation is 1. The summed E-state index contributed by atoms with van der Waals surface area (Å²) in [7, 11) is -2.84. The molecule has 10 nitrogen and oxygen atoms in total. The number of hydrogen-bond acceptors (Lipinski definition) is 7. The first-order chi connectivity index (χ1) is 17.1. The van der Waals surface area contributed by atoms with Crippen LogP contribution in [-0.2, 0) is 14.5 Å². The van der Waals surface area contributed by atoms with E-state index in [0.29, 0.717) is 11.1 Å². The molecule has 3 unspecified atom stereocenters. The summed E-state index contributed by atoms with van der Waals surface area (Å²) in [5.41, 5.74) is 1.05. The molecule has 2 heterocycles. The SMILES string of the molecule is C=S(C)(=O)NC(=O)c1cn2ncnc(Nc3ccc(F)cc3OC(C)C(=O)NC(C)C(F)(F)F)c2c1C. The van der Waals surface area contributed by atoms with Crippen molar-refractivity contribution in [3.63, 3.8) is 0 Å². The largest absolute Gasteiger partial charge is 0.479 e. The van der Waals surface area contributed by atoms with Crippen LogP contribution in [0.15, 0.2) is 30.7 Å². The Labute approximate surface area is 209 Å². The molecule has 0 aliphatic carbocycles. The van der Waals surface area contributed by atoms with Gasteiger partial charge in [-0.05, 0) is 44.3 Å². The number of rotatable bonds is 8. The van der Waals surface area contributed by atoms with Crippen LogP contribution in [0.2, 0.25) is 0 Å². The average molecular weight is 545 g/mol. The number of benzene rings is 1. The first-order valence-electron chi connectivity index (χ1n) is 10.6. The molecule has 200 valence electrons. The molecule has 3 rings (SSSR count). The minimum Gasteiger partial charge on any atom is -0.479 e. The first kappa shape index (κ1) is 27.7. The predicted molar refractivity (Wildman–Crippen MR) is 130 cm³/mol.